The van der Waals surface area contributed by atoms with Crippen LogP contribution in [0.3, 0.4) is 0 Å². The second kappa shape index (κ2) is 7.48. The molecule has 4 nitrogen and oxygen atoms in total. The van der Waals surface area contributed by atoms with Crippen LogP contribution < -0.4 is 11.1 Å². The summed E-state index contributed by atoms with van der Waals surface area (Å²) in [6.07, 6.45) is 0.659. The molecular formula is C19H19Cl2N3O. The molecule has 6 heteroatoms. The standard InChI is InChI=1S/C19H19Cl2N3O/c1-24-16-8-7-14(20)18(21)13(16)11-17(24)19(25)23-15(9-10-22)12-5-3-2-4-6-12/h2-8,11,15H,9-10,22H2,1H3,(H,23,25). The number of rotatable bonds is 5. The summed E-state index contributed by atoms with van der Waals surface area (Å²) in [4.78, 5) is 12.8. The lowest BCUT2D eigenvalue weighted by molar-refractivity contribution is 0.0927. The highest BCUT2D eigenvalue weighted by Gasteiger charge is 2.20. The number of carbonyl (C=O) groups excluding carboxylic acids is 1. The quantitative estimate of drug-likeness (QED) is 0.697. The van der Waals surface area contributed by atoms with Crippen molar-refractivity contribution in [2.45, 2.75) is 12.5 Å². The van der Waals surface area contributed by atoms with Crippen molar-refractivity contribution in [3.05, 3.63) is 69.8 Å². The number of hydrogen-bond acceptors (Lipinski definition) is 2. The zero-order valence-corrected chi connectivity index (χ0v) is 15.3. The van der Waals surface area contributed by atoms with Crippen LogP contribution in [0, 0.1) is 0 Å². The Kier molecular flexibility index (Phi) is 5.33. The van der Waals surface area contributed by atoms with E-state index >= 15 is 0 Å². The highest BCUT2D eigenvalue weighted by atomic mass is 35.5. The SMILES string of the molecule is Cn1c(C(=O)NC(CCN)c2ccccc2)cc2c(Cl)c(Cl)ccc21. The summed E-state index contributed by atoms with van der Waals surface area (Å²) in [5, 5.41) is 4.76. The number of fused-ring (bicyclic) bond motifs is 1. The summed E-state index contributed by atoms with van der Waals surface area (Å²) in [5.74, 6) is -0.173. The third-order valence-electron chi connectivity index (χ3n) is 4.31. The van der Waals surface area contributed by atoms with Gasteiger partial charge in [-0.3, -0.25) is 4.79 Å². The van der Waals surface area contributed by atoms with E-state index in [-0.39, 0.29) is 11.9 Å². The molecule has 3 aromatic rings. The van der Waals surface area contributed by atoms with E-state index in [9.17, 15) is 4.79 Å². The smallest absolute Gasteiger partial charge is 0.268 e. The molecule has 1 heterocycles. The lowest BCUT2D eigenvalue weighted by Gasteiger charge is -2.18. The number of amides is 1. The van der Waals surface area contributed by atoms with Crippen molar-refractivity contribution in [3.8, 4) is 0 Å². The van der Waals surface area contributed by atoms with E-state index in [1.165, 1.54) is 0 Å². The molecule has 1 amide bonds. The molecule has 130 valence electrons. The summed E-state index contributed by atoms with van der Waals surface area (Å²) < 4.78 is 1.82. The van der Waals surface area contributed by atoms with Gasteiger partial charge in [-0.15, -0.1) is 0 Å². The van der Waals surface area contributed by atoms with Crippen molar-refractivity contribution in [1.29, 1.82) is 0 Å². The Morgan fingerprint density at radius 3 is 2.60 bits per heavy atom. The fourth-order valence-electron chi connectivity index (χ4n) is 2.97. The molecule has 0 fully saturated rings. The van der Waals surface area contributed by atoms with Gasteiger partial charge in [0.2, 0.25) is 0 Å². The Morgan fingerprint density at radius 1 is 1.20 bits per heavy atom. The van der Waals surface area contributed by atoms with Crippen LogP contribution in [-0.4, -0.2) is 17.0 Å². The number of aromatic nitrogens is 1. The molecule has 25 heavy (non-hydrogen) atoms. The van der Waals surface area contributed by atoms with Crippen molar-refractivity contribution < 1.29 is 4.79 Å². The van der Waals surface area contributed by atoms with Gasteiger partial charge in [-0.1, -0.05) is 53.5 Å². The normalized spacial score (nSPS) is 12.3. The van der Waals surface area contributed by atoms with Crippen molar-refractivity contribution in [2.75, 3.05) is 6.54 Å². The van der Waals surface area contributed by atoms with Crippen molar-refractivity contribution in [2.24, 2.45) is 12.8 Å². The number of nitrogens with zero attached hydrogens (tertiary/aromatic N) is 1. The minimum Gasteiger partial charge on any atom is -0.344 e. The molecule has 2 aromatic carbocycles. The fraction of sp³-hybridized carbons (Fsp3) is 0.211. The molecule has 0 bridgehead atoms. The average Bonchev–Trinajstić information content (AvgIpc) is 2.96. The van der Waals surface area contributed by atoms with E-state index in [1.807, 2.05) is 48.0 Å². The summed E-state index contributed by atoms with van der Waals surface area (Å²) >= 11 is 12.4. The van der Waals surface area contributed by atoms with E-state index in [2.05, 4.69) is 5.32 Å². The first-order valence-electron chi connectivity index (χ1n) is 8.02. The van der Waals surface area contributed by atoms with Gasteiger partial charge in [-0.25, -0.2) is 0 Å². The summed E-state index contributed by atoms with van der Waals surface area (Å²) in [7, 11) is 1.84. The van der Waals surface area contributed by atoms with E-state index in [0.717, 1.165) is 16.5 Å². The molecule has 1 unspecified atom stereocenters. The molecule has 0 saturated heterocycles. The summed E-state index contributed by atoms with van der Waals surface area (Å²) in [6, 6.07) is 15.0. The van der Waals surface area contributed by atoms with Crippen molar-refractivity contribution in [3.63, 3.8) is 0 Å². The summed E-state index contributed by atoms with van der Waals surface area (Å²) in [6.45, 7) is 0.483. The maximum atomic E-state index is 12.8. The molecule has 0 aliphatic carbocycles. The highest BCUT2D eigenvalue weighted by molar-refractivity contribution is 6.45. The molecule has 1 aromatic heterocycles. The lowest BCUT2D eigenvalue weighted by Crippen LogP contribution is -2.31. The third kappa shape index (κ3) is 3.52. The molecular weight excluding hydrogens is 357 g/mol. The molecule has 3 rings (SSSR count). The second-order valence-corrected chi connectivity index (χ2v) is 6.68. The van der Waals surface area contributed by atoms with Gasteiger partial charge in [-0.05, 0) is 36.7 Å². The zero-order chi connectivity index (χ0) is 18.0. The van der Waals surface area contributed by atoms with Gasteiger partial charge in [0, 0.05) is 18.0 Å². The van der Waals surface area contributed by atoms with Crippen LogP contribution in [-0.2, 0) is 7.05 Å². The lowest BCUT2D eigenvalue weighted by atomic mass is 10.0. The molecule has 0 spiro atoms. The highest BCUT2D eigenvalue weighted by Crippen LogP contribution is 2.32. The van der Waals surface area contributed by atoms with Crippen LogP contribution >= 0.6 is 23.2 Å². The molecule has 3 N–H and O–H groups in total. The Bertz CT molecular complexity index is 906. The van der Waals surface area contributed by atoms with E-state index in [0.29, 0.717) is 28.7 Å². The summed E-state index contributed by atoms with van der Waals surface area (Å²) in [5.41, 5.74) is 8.13. The molecule has 0 aliphatic heterocycles. The first kappa shape index (κ1) is 17.8. The Balaban J connectivity index is 1.93. The second-order valence-electron chi connectivity index (χ2n) is 5.90. The van der Waals surface area contributed by atoms with Crippen LogP contribution in [0.2, 0.25) is 10.0 Å². The largest absolute Gasteiger partial charge is 0.344 e. The fourth-order valence-corrected chi connectivity index (χ4v) is 3.35. The number of nitrogens with two attached hydrogens (primary N) is 1. The number of benzene rings is 2. The third-order valence-corrected chi connectivity index (χ3v) is 5.13. The van der Waals surface area contributed by atoms with Gasteiger partial charge >= 0.3 is 0 Å². The maximum Gasteiger partial charge on any atom is 0.268 e. The zero-order valence-electron chi connectivity index (χ0n) is 13.8. The Morgan fingerprint density at radius 2 is 1.92 bits per heavy atom. The van der Waals surface area contributed by atoms with Gasteiger partial charge in [0.15, 0.2) is 0 Å². The van der Waals surface area contributed by atoms with E-state index in [4.69, 9.17) is 28.9 Å². The first-order chi connectivity index (χ1) is 12.0. The Labute approximate surface area is 156 Å². The topological polar surface area (TPSA) is 60.0 Å². The number of nitrogens with one attached hydrogen (secondary N) is 1. The maximum absolute atomic E-state index is 12.8. The molecule has 0 radical (unpaired) electrons. The predicted molar refractivity (Wildman–Crippen MR) is 103 cm³/mol. The van der Waals surface area contributed by atoms with Gasteiger partial charge in [0.1, 0.15) is 5.69 Å². The minimum absolute atomic E-state index is 0.143. The van der Waals surface area contributed by atoms with Gasteiger partial charge in [0.25, 0.3) is 5.91 Å². The van der Waals surface area contributed by atoms with Gasteiger partial charge in [0.05, 0.1) is 16.1 Å². The van der Waals surface area contributed by atoms with Crippen LogP contribution in [0.25, 0.3) is 10.9 Å². The van der Waals surface area contributed by atoms with Crippen LogP contribution in [0.4, 0.5) is 0 Å². The average molecular weight is 376 g/mol. The number of carbonyl (C=O) groups is 1. The molecule has 0 saturated carbocycles. The minimum atomic E-state index is -0.173. The van der Waals surface area contributed by atoms with Crippen LogP contribution in [0.5, 0.6) is 0 Å². The number of aryl methyl sites for hydroxylation is 1. The van der Waals surface area contributed by atoms with E-state index < -0.39 is 0 Å². The monoisotopic (exact) mass is 375 g/mol. The number of hydrogen-bond donors (Lipinski definition) is 2. The Hall–Kier alpha value is -2.01. The van der Waals surface area contributed by atoms with Gasteiger partial charge < -0.3 is 15.6 Å². The van der Waals surface area contributed by atoms with E-state index in [1.54, 1.807) is 12.1 Å². The van der Waals surface area contributed by atoms with Crippen molar-refractivity contribution in [1.82, 2.24) is 9.88 Å². The predicted octanol–water partition coefficient (Wildman–Crippen LogP) is 4.31. The van der Waals surface area contributed by atoms with Crippen LogP contribution in [0.1, 0.15) is 28.5 Å². The molecule has 0 aliphatic rings. The van der Waals surface area contributed by atoms with Crippen LogP contribution in [0.15, 0.2) is 48.5 Å². The van der Waals surface area contributed by atoms with Crippen molar-refractivity contribution >= 4 is 40.0 Å². The molecule has 1 atom stereocenters. The first-order valence-corrected chi connectivity index (χ1v) is 8.78. The van der Waals surface area contributed by atoms with Gasteiger partial charge in [-0.2, -0.15) is 0 Å². The number of halogens is 2.